The number of fused-ring (bicyclic) bond motifs is 1. The molecule has 0 unspecified atom stereocenters. The van der Waals surface area contributed by atoms with Crippen LogP contribution >= 0.6 is 11.6 Å². The molecule has 0 amide bonds. The molecule has 3 rings (SSSR count). The lowest BCUT2D eigenvalue weighted by atomic mass is 9.85. The van der Waals surface area contributed by atoms with Crippen LogP contribution < -0.4 is 4.74 Å². The lowest BCUT2D eigenvalue weighted by Gasteiger charge is -2.26. The molecule has 1 heterocycles. The Morgan fingerprint density at radius 3 is 2.89 bits per heavy atom. The fraction of sp³-hybridized carbons (Fsp3) is 0.533. The van der Waals surface area contributed by atoms with Gasteiger partial charge >= 0.3 is 0 Å². The number of methoxy groups -OCH3 is 1. The molecular formula is C15H19ClN2O. The number of imidazole rings is 1. The van der Waals surface area contributed by atoms with Gasteiger partial charge in [0, 0.05) is 24.9 Å². The van der Waals surface area contributed by atoms with E-state index in [1.54, 1.807) is 7.11 Å². The second-order valence-electron chi connectivity index (χ2n) is 5.23. The molecule has 1 aliphatic carbocycles. The maximum atomic E-state index is 5.90. The average molecular weight is 279 g/mol. The number of hydrogen-bond acceptors (Lipinski definition) is 2. The number of rotatable bonds is 5. The predicted octanol–water partition coefficient (Wildman–Crippen LogP) is 3.63. The molecule has 1 aliphatic rings. The molecule has 19 heavy (non-hydrogen) atoms. The van der Waals surface area contributed by atoms with Crippen molar-refractivity contribution in [2.75, 3.05) is 13.0 Å². The summed E-state index contributed by atoms with van der Waals surface area (Å²) >= 11 is 5.90. The summed E-state index contributed by atoms with van der Waals surface area (Å²) in [6, 6.07) is 6.12. The zero-order valence-electron chi connectivity index (χ0n) is 11.2. The van der Waals surface area contributed by atoms with Crippen LogP contribution in [0.25, 0.3) is 11.0 Å². The molecule has 0 saturated heterocycles. The molecular weight excluding hydrogens is 260 g/mol. The number of hydrogen-bond donors (Lipinski definition) is 0. The van der Waals surface area contributed by atoms with Gasteiger partial charge in [0.1, 0.15) is 11.6 Å². The van der Waals surface area contributed by atoms with Gasteiger partial charge in [0.05, 0.1) is 18.1 Å². The van der Waals surface area contributed by atoms with Gasteiger partial charge in [0.25, 0.3) is 0 Å². The van der Waals surface area contributed by atoms with Crippen LogP contribution in [-0.4, -0.2) is 22.5 Å². The van der Waals surface area contributed by atoms with Gasteiger partial charge in [-0.2, -0.15) is 0 Å². The second-order valence-corrected chi connectivity index (χ2v) is 5.61. The molecule has 0 N–H and O–H groups in total. The Balaban J connectivity index is 2.01. The van der Waals surface area contributed by atoms with E-state index in [1.807, 2.05) is 12.1 Å². The largest absolute Gasteiger partial charge is 0.497 e. The molecule has 4 heteroatoms. The Kier molecular flexibility index (Phi) is 3.65. The van der Waals surface area contributed by atoms with Gasteiger partial charge in [-0.15, -0.1) is 11.6 Å². The fourth-order valence-corrected chi connectivity index (χ4v) is 2.87. The molecule has 0 bridgehead atoms. The van der Waals surface area contributed by atoms with Gasteiger partial charge in [-0.05, 0) is 30.9 Å². The molecule has 102 valence electrons. The van der Waals surface area contributed by atoms with Crippen molar-refractivity contribution in [3.05, 3.63) is 24.0 Å². The highest BCUT2D eigenvalue weighted by Gasteiger charge is 2.21. The van der Waals surface area contributed by atoms with Gasteiger partial charge in [0.2, 0.25) is 0 Å². The molecule has 0 radical (unpaired) electrons. The molecule has 0 aliphatic heterocycles. The Hall–Kier alpha value is -1.22. The maximum absolute atomic E-state index is 5.90. The number of benzene rings is 1. The number of ether oxygens (including phenoxy) is 1. The Morgan fingerprint density at radius 1 is 1.42 bits per heavy atom. The Labute approximate surface area is 118 Å². The summed E-state index contributed by atoms with van der Waals surface area (Å²) in [5, 5.41) is 0. The van der Waals surface area contributed by atoms with Crippen molar-refractivity contribution >= 4 is 22.6 Å². The topological polar surface area (TPSA) is 27.1 Å². The lowest BCUT2D eigenvalue weighted by molar-refractivity contribution is 0.277. The van der Waals surface area contributed by atoms with E-state index in [0.29, 0.717) is 5.88 Å². The second kappa shape index (κ2) is 5.41. The van der Waals surface area contributed by atoms with Crippen molar-refractivity contribution in [2.24, 2.45) is 5.92 Å². The van der Waals surface area contributed by atoms with Gasteiger partial charge in [-0.3, -0.25) is 0 Å². The van der Waals surface area contributed by atoms with E-state index < -0.39 is 0 Å². The highest BCUT2D eigenvalue weighted by Crippen LogP contribution is 2.30. The number of halogens is 1. The highest BCUT2D eigenvalue weighted by molar-refractivity contribution is 6.17. The fourth-order valence-electron chi connectivity index (χ4n) is 2.70. The van der Waals surface area contributed by atoms with E-state index in [-0.39, 0.29) is 0 Å². The van der Waals surface area contributed by atoms with Crippen LogP contribution in [0.4, 0.5) is 0 Å². The molecule has 2 aromatic rings. The maximum Gasteiger partial charge on any atom is 0.121 e. The van der Waals surface area contributed by atoms with Crippen molar-refractivity contribution < 1.29 is 4.74 Å². The molecule has 1 aromatic carbocycles. The normalized spacial score (nSPS) is 15.7. The first-order valence-electron chi connectivity index (χ1n) is 6.91. The molecule has 0 spiro atoms. The van der Waals surface area contributed by atoms with Crippen LogP contribution in [-0.2, 0) is 13.0 Å². The van der Waals surface area contributed by atoms with Gasteiger partial charge in [0.15, 0.2) is 0 Å². The van der Waals surface area contributed by atoms with E-state index in [2.05, 4.69) is 10.6 Å². The summed E-state index contributed by atoms with van der Waals surface area (Å²) in [4.78, 5) is 4.72. The number of aromatic nitrogens is 2. The summed E-state index contributed by atoms with van der Waals surface area (Å²) in [7, 11) is 1.69. The van der Waals surface area contributed by atoms with Gasteiger partial charge in [-0.25, -0.2) is 4.98 Å². The van der Waals surface area contributed by atoms with E-state index in [1.165, 1.54) is 24.8 Å². The van der Waals surface area contributed by atoms with Crippen molar-refractivity contribution in [1.29, 1.82) is 0 Å². The number of alkyl halides is 1. The van der Waals surface area contributed by atoms with Crippen molar-refractivity contribution in [1.82, 2.24) is 9.55 Å². The smallest absolute Gasteiger partial charge is 0.121 e. The van der Waals surface area contributed by atoms with Crippen molar-refractivity contribution in [3.8, 4) is 5.75 Å². The number of nitrogens with zero attached hydrogens (tertiary/aromatic N) is 2. The zero-order chi connectivity index (χ0) is 13.2. The first-order valence-corrected chi connectivity index (χ1v) is 7.44. The van der Waals surface area contributed by atoms with E-state index in [4.69, 9.17) is 21.3 Å². The minimum Gasteiger partial charge on any atom is -0.497 e. The van der Waals surface area contributed by atoms with Crippen LogP contribution in [0, 0.1) is 5.92 Å². The van der Waals surface area contributed by atoms with Crippen molar-refractivity contribution in [2.45, 2.75) is 32.2 Å². The summed E-state index contributed by atoms with van der Waals surface area (Å²) in [5.41, 5.74) is 2.21. The predicted molar refractivity (Wildman–Crippen MR) is 78.1 cm³/mol. The summed E-state index contributed by atoms with van der Waals surface area (Å²) < 4.78 is 7.62. The summed E-state index contributed by atoms with van der Waals surface area (Å²) in [6.07, 6.45) is 4.88. The summed E-state index contributed by atoms with van der Waals surface area (Å²) in [5.74, 6) is 3.39. The lowest BCUT2D eigenvalue weighted by Crippen LogP contribution is -2.19. The molecule has 1 saturated carbocycles. The Bertz CT molecular complexity index is 575. The third-order valence-corrected chi connectivity index (χ3v) is 4.21. The van der Waals surface area contributed by atoms with Gasteiger partial charge < -0.3 is 9.30 Å². The van der Waals surface area contributed by atoms with Crippen LogP contribution in [0.3, 0.4) is 0 Å². The minimum atomic E-state index is 0.616. The molecule has 1 aromatic heterocycles. The van der Waals surface area contributed by atoms with Gasteiger partial charge in [-0.1, -0.05) is 6.42 Å². The molecule has 1 fully saturated rings. The monoisotopic (exact) mass is 278 g/mol. The molecule has 0 atom stereocenters. The summed E-state index contributed by atoms with van der Waals surface area (Å²) in [6.45, 7) is 1.08. The highest BCUT2D eigenvalue weighted by atomic mass is 35.5. The standard InChI is InChI=1S/C15H19ClN2O/c1-19-12-5-6-14-13(9-12)17-15(7-8-16)18(14)10-11-3-2-4-11/h5-6,9,11H,2-4,7-8,10H2,1H3. The minimum absolute atomic E-state index is 0.616. The SMILES string of the molecule is COc1ccc2c(c1)nc(CCCl)n2CC1CCC1. The third-order valence-electron chi connectivity index (χ3n) is 4.02. The molecule has 3 nitrogen and oxygen atoms in total. The third kappa shape index (κ3) is 2.44. The van der Waals surface area contributed by atoms with Crippen LogP contribution in [0.2, 0.25) is 0 Å². The average Bonchev–Trinajstić information content (AvgIpc) is 2.71. The first kappa shape index (κ1) is 12.8. The van der Waals surface area contributed by atoms with Crippen LogP contribution in [0.1, 0.15) is 25.1 Å². The van der Waals surface area contributed by atoms with E-state index >= 15 is 0 Å². The first-order chi connectivity index (χ1) is 9.31. The quantitative estimate of drug-likeness (QED) is 0.781. The van der Waals surface area contributed by atoms with Crippen molar-refractivity contribution in [3.63, 3.8) is 0 Å². The van der Waals surface area contributed by atoms with E-state index in [9.17, 15) is 0 Å². The number of aryl methyl sites for hydroxylation is 1. The Morgan fingerprint density at radius 2 is 2.26 bits per heavy atom. The van der Waals surface area contributed by atoms with Crippen LogP contribution in [0.5, 0.6) is 5.75 Å². The zero-order valence-corrected chi connectivity index (χ0v) is 12.0. The van der Waals surface area contributed by atoms with E-state index in [0.717, 1.165) is 36.0 Å². The van der Waals surface area contributed by atoms with Crippen LogP contribution in [0.15, 0.2) is 18.2 Å².